The molecule has 0 aliphatic heterocycles. The molecule has 0 spiro atoms. The fourth-order valence-corrected chi connectivity index (χ4v) is 1.90. The van der Waals surface area contributed by atoms with Crippen LogP contribution in [0.2, 0.25) is 0 Å². The number of rotatable bonds is 1. The standard InChI is InChI=1S/C11H14BrNO3/c1-6-8(13(15)16)5-7(11(2,3)4)10(14)9(6)12/h5,14H,1-4H3. The second-order valence-electron chi connectivity index (χ2n) is 4.74. The lowest BCUT2D eigenvalue weighted by molar-refractivity contribution is -0.385. The molecule has 0 saturated carbocycles. The van der Waals surface area contributed by atoms with E-state index in [0.29, 0.717) is 15.6 Å². The summed E-state index contributed by atoms with van der Waals surface area (Å²) in [5.41, 5.74) is 0.687. The van der Waals surface area contributed by atoms with Crippen LogP contribution in [0, 0.1) is 17.0 Å². The molecule has 0 saturated heterocycles. The summed E-state index contributed by atoms with van der Waals surface area (Å²) in [5.74, 6) is 0.0793. The van der Waals surface area contributed by atoms with Crippen LogP contribution >= 0.6 is 15.9 Å². The second kappa shape index (κ2) is 4.05. The van der Waals surface area contributed by atoms with Gasteiger partial charge in [0, 0.05) is 17.2 Å². The minimum atomic E-state index is -0.436. The Kier molecular flexibility index (Phi) is 3.28. The Hall–Kier alpha value is -1.10. The van der Waals surface area contributed by atoms with Crippen molar-refractivity contribution in [3.8, 4) is 5.75 Å². The lowest BCUT2D eigenvalue weighted by Gasteiger charge is -2.21. The van der Waals surface area contributed by atoms with Gasteiger partial charge in [-0.2, -0.15) is 0 Å². The van der Waals surface area contributed by atoms with Crippen LogP contribution in [0.15, 0.2) is 10.5 Å². The summed E-state index contributed by atoms with van der Waals surface area (Å²) >= 11 is 3.19. The predicted molar refractivity (Wildman–Crippen MR) is 65.9 cm³/mol. The number of aromatic hydroxyl groups is 1. The fraction of sp³-hybridized carbons (Fsp3) is 0.455. The van der Waals surface area contributed by atoms with Crippen molar-refractivity contribution in [2.75, 3.05) is 0 Å². The summed E-state index contributed by atoms with van der Waals surface area (Å²) in [4.78, 5) is 10.4. The maximum atomic E-state index is 10.9. The summed E-state index contributed by atoms with van der Waals surface area (Å²) in [6.45, 7) is 7.29. The SMILES string of the molecule is Cc1c([N+](=O)[O-])cc(C(C)(C)C)c(O)c1Br. The third-order valence-electron chi connectivity index (χ3n) is 2.46. The van der Waals surface area contributed by atoms with Gasteiger partial charge in [-0.3, -0.25) is 10.1 Å². The molecule has 1 rings (SSSR count). The first-order valence-corrected chi connectivity index (χ1v) is 5.62. The molecule has 0 unspecified atom stereocenters. The van der Waals surface area contributed by atoms with Crippen molar-refractivity contribution in [3.63, 3.8) is 0 Å². The van der Waals surface area contributed by atoms with Crippen LogP contribution in [0.5, 0.6) is 5.75 Å². The normalized spacial score (nSPS) is 11.6. The van der Waals surface area contributed by atoms with Crippen molar-refractivity contribution < 1.29 is 10.0 Å². The molecule has 0 bridgehead atoms. The van der Waals surface area contributed by atoms with Gasteiger partial charge in [-0.15, -0.1) is 0 Å². The fourth-order valence-electron chi connectivity index (χ4n) is 1.48. The maximum Gasteiger partial charge on any atom is 0.274 e. The number of halogens is 1. The summed E-state index contributed by atoms with van der Waals surface area (Å²) in [7, 11) is 0. The highest BCUT2D eigenvalue weighted by molar-refractivity contribution is 9.10. The first-order valence-electron chi connectivity index (χ1n) is 4.83. The summed E-state index contributed by atoms with van der Waals surface area (Å²) in [5, 5.41) is 20.8. The van der Waals surface area contributed by atoms with Crippen molar-refractivity contribution in [2.45, 2.75) is 33.1 Å². The number of phenolic OH excluding ortho intramolecular Hbond substituents is 1. The highest BCUT2D eigenvalue weighted by atomic mass is 79.9. The van der Waals surface area contributed by atoms with Crippen molar-refractivity contribution in [3.05, 3.63) is 31.8 Å². The van der Waals surface area contributed by atoms with E-state index in [0.717, 1.165) is 0 Å². The Morgan fingerprint density at radius 2 is 1.94 bits per heavy atom. The lowest BCUT2D eigenvalue weighted by atomic mass is 9.85. The van der Waals surface area contributed by atoms with Gasteiger partial charge in [0.05, 0.1) is 9.40 Å². The molecule has 16 heavy (non-hydrogen) atoms. The first kappa shape index (κ1) is 13.0. The highest BCUT2D eigenvalue weighted by Gasteiger charge is 2.26. The van der Waals surface area contributed by atoms with Gasteiger partial charge >= 0.3 is 0 Å². The molecule has 0 aliphatic carbocycles. The van der Waals surface area contributed by atoms with Gasteiger partial charge in [-0.1, -0.05) is 20.8 Å². The molecule has 0 amide bonds. The van der Waals surface area contributed by atoms with E-state index in [9.17, 15) is 15.2 Å². The van der Waals surface area contributed by atoms with E-state index in [2.05, 4.69) is 15.9 Å². The number of hydrogen-bond donors (Lipinski definition) is 1. The largest absolute Gasteiger partial charge is 0.506 e. The molecule has 1 N–H and O–H groups in total. The first-order chi connectivity index (χ1) is 7.16. The molecule has 1 aromatic carbocycles. The quantitative estimate of drug-likeness (QED) is 0.633. The Balaban J connectivity index is 3.61. The molecule has 0 aliphatic rings. The third kappa shape index (κ3) is 2.19. The molecule has 0 aromatic heterocycles. The number of hydrogen-bond acceptors (Lipinski definition) is 3. The molecule has 0 fully saturated rings. The van der Waals surface area contributed by atoms with Crippen molar-refractivity contribution >= 4 is 21.6 Å². The molecular formula is C11H14BrNO3. The van der Waals surface area contributed by atoms with Gasteiger partial charge < -0.3 is 5.11 Å². The lowest BCUT2D eigenvalue weighted by Crippen LogP contribution is -2.12. The number of phenols is 1. The van der Waals surface area contributed by atoms with Crippen LogP contribution in [-0.4, -0.2) is 10.0 Å². The molecule has 5 heteroatoms. The minimum absolute atomic E-state index is 0.0228. The van der Waals surface area contributed by atoms with Gasteiger partial charge in [0.25, 0.3) is 5.69 Å². The average Bonchev–Trinajstić information content (AvgIpc) is 2.11. The Labute approximate surface area is 103 Å². The Morgan fingerprint density at radius 3 is 2.31 bits per heavy atom. The van der Waals surface area contributed by atoms with Crippen molar-refractivity contribution in [2.24, 2.45) is 0 Å². The molecule has 0 heterocycles. The van der Waals surface area contributed by atoms with E-state index in [4.69, 9.17) is 0 Å². The van der Waals surface area contributed by atoms with Gasteiger partial charge in [0.2, 0.25) is 0 Å². The molecule has 88 valence electrons. The van der Waals surface area contributed by atoms with Crippen LogP contribution in [0.25, 0.3) is 0 Å². The molecular weight excluding hydrogens is 274 g/mol. The Bertz CT molecular complexity index is 450. The number of nitro groups is 1. The van der Waals surface area contributed by atoms with Crippen LogP contribution < -0.4 is 0 Å². The number of benzene rings is 1. The molecule has 0 radical (unpaired) electrons. The predicted octanol–water partition coefficient (Wildman–Crippen LogP) is 3.67. The van der Waals surface area contributed by atoms with E-state index in [1.54, 1.807) is 6.92 Å². The molecule has 4 nitrogen and oxygen atoms in total. The van der Waals surface area contributed by atoms with Crippen molar-refractivity contribution in [1.29, 1.82) is 0 Å². The summed E-state index contributed by atoms with van der Waals surface area (Å²) in [6, 6.07) is 1.44. The number of nitrogens with zero attached hydrogens (tertiary/aromatic N) is 1. The van der Waals surface area contributed by atoms with E-state index in [1.807, 2.05) is 20.8 Å². The van der Waals surface area contributed by atoms with Crippen molar-refractivity contribution in [1.82, 2.24) is 0 Å². The monoisotopic (exact) mass is 287 g/mol. The van der Waals surface area contributed by atoms with Crippen LogP contribution in [0.3, 0.4) is 0 Å². The van der Waals surface area contributed by atoms with E-state index in [-0.39, 0.29) is 16.9 Å². The smallest absolute Gasteiger partial charge is 0.274 e. The zero-order valence-corrected chi connectivity index (χ0v) is 11.3. The van der Waals surface area contributed by atoms with E-state index in [1.165, 1.54) is 6.07 Å². The summed E-state index contributed by atoms with van der Waals surface area (Å²) < 4.78 is 0.395. The Morgan fingerprint density at radius 1 is 1.44 bits per heavy atom. The van der Waals surface area contributed by atoms with Crippen LogP contribution in [0.4, 0.5) is 5.69 Å². The van der Waals surface area contributed by atoms with Gasteiger partial charge in [0.15, 0.2) is 0 Å². The van der Waals surface area contributed by atoms with Gasteiger partial charge in [-0.25, -0.2) is 0 Å². The van der Waals surface area contributed by atoms with Crippen LogP contribution in [-0.2, 0) is 5.41 Å². The average molecular weight is 288 g/mol. The zero-order valence-electron chi connectivity index (χ0n) is 9.67. The molecule has 0 atom stereocenters. The van der Waals surface area contributed by atoms with Gasteiger partial charge in [0.1, 0.15) is 5.75 Å². The topological polar surface area (TPSA) is 63.4 Å². The van der Waals surface area contributed by atoms with Crippen LogP contribution in [0.1, 0.15) is 31.9 Å². The molecule has 1 aromatic rings. The minimum Gasteiger partial charge on any atom is -0.506 e. The highest BCUT2D eigenvalue weighted by Crippen LogP contribution is 2.41. The van der Waals surface area contributed by atoms with Gasteiger partial charge in [-0.05, 0) is 28.3 Å². The second-order valence-corrected chi connectivity index (χ2v) is 5.53. The van der Waals surface area contributed by atoms with E-state index < -0.39 is 4.92 Å². The number of nitro benzene ring substituents is 1. The zero-order chi connectivity index (χ0) is 12.7. The summed E-state index contributed by atoms with van der Waals surface area (Å²) in [6.07, 6.45) is 0. The maximum absolute atomic E-state index is 10.9. The third-order valence-corrected chi connectivity index (χ3v) is 3.43. The van der Waals surface area contributed by atoms with E-state index >= 15 is 0 Å².